The Bertz CT molecular complexity index is 531. The van der Waals surface area contributed by atoms with Gasteiger partial charge in [-0.25, -0.2) is 4.98 Å². The van der Waals surface area contributed by atoms with E-state index in [1.54, 1.807) is 6.20 Å². The van der Waals surface area contributed by atoms with Crippen LogP contribution in [0.25, 0.3) is 0 Å². The molecule has 88 valence electrons. The molecule has 2 heterocycles. The highest BCUT2D eigenvalue weighted by molar-refractivity contribution is 5.93. The molecule has 0 saturated heterocycles. The minimum absolute atomic E-state index is 0.142. The summed E-state index contributed by atoms with van der Waals surface area (Å²) in [6.45, 7) is 0.283. The summed E-state index contributed by atoms with van der Waals surface area (Å²) >= 11 is 0. The van der Waals surface area contributed by atoms with Crippen molar-refractivity contribution >= 4 is 11.6 Å². The van der Waals surface area contributed by atoms with Crippen molar-refractivity contribution in [2.24, 2.45) is 0 Å². The molecule has 0 aliphatic rings. The van der Waals surface area contributed by atoms with Gasteiger partial charge in [0, 0.05) is 12.3 Å². The number of nitrogens with one attached hydrogen (secondary N) is 3. The third-order valence-electron chi connectivity index (χ3n) is 2.12. The SMILES string of the molecule is O=C(NCc1cnc[nH]1)c1cc([N+](=O)[O-])c[nH]1. The molecule has 0 radical (unpaired) electrons. The van der Waals surface area contributed by atoms with Crippen LogP contribution in [0.1, 0.15) is 16.2 Å². The Morgan fingerprint density at radius 3 is 2.94 bits per heavy atom. The van der Waals surface area contributed by atoms with E-state index in [4.69, 9.17) is 0 Å². The topological polar surface area (TPSA) is 117 Å². The number of nitrogens with zero attached hydrogens (tertiary/aromatic N) is 2. The van der Waals surface area contributed by atoms with Crippen LogP contribution in [0.3, 0.4) is 0 Å². The van der Waals surface area contributed by atoms with Crippen LogP contribution in [0.4, 0.5) is 5.69 Å². The fourth-order valence-electron chi connectivity index (χ4n) is 1.27. The highest BCUT2D eigenvalue weighted by Crippen LogP contribution is 2.11. The van der Waals surface area contributed by atoms with Crippen LogP contribution in [-0.4, -0.2) is 25.8 Å². The molecule has 0 unspecified atom stereocenters. The van der Waals surface area contributed by atoms with Crippen molar-refractivity contribution in [1.82, 2.24) is 20.3 Å². The van der Waals surface area contributed by atoms with Gasteiger partial charge in [0.15, 0.2) is 0 Å². The van der Waals surface area contributed by atoms with Gasteiger partial charge >= 0.3 is 0 Å². The number of aromatic nitrogens is 3. The molecule has 0 bridgehead atoms. The number of carbonyl (C=O) groups is 1. The van der Waals surface area contributed by atoms with Gasteiger partial charge in [-0.2, -0.15) is 0 Å². The third-order valence-corrected chi connectivity index (χ3v) is 2.12. The zero-order valence-corrected chi connectivity index (χ0v) is 8.64. The molecule has 1 amide bonds. The number of aromatic amines is 2. The normalized spacial score (nSPS) is 10.1. The van der Waals surface area contributed by atoms with E-state index < -0.39 is 10.8 Å². The van der Waals surface area contributed by atoms with Crippen molar-refractivity contribution in [2.45, 2.75) is 6.54 Å². The van der Waals surface area contributed by atoms with E-state index in [0.29, 0.717) is 0 Å². The van der Waals surface area contributed by atoms with Crippen LogP contribution in [0, 0.1) is 10.1 Å². The molecule has 0 atom stereocenters. The fourth-order valence-corrected chi connectivity index (χ4v) is 1.27. The van der Waals surface area contributed by atoms with Crippen LogP contribution >= 0.6 is 0 Å². The molecule has 0 spiro atoms. The van der Waals surface area contributed by atoms with E-state index in [0.717, 1.165) is 5.69 Å². The van der Waals surface area contributed by atoms with Gasteiger partial charge in [0.05, 0.1) is 29.7 Å². The molecule has 17 heavy (non-hydrogen) atoms. The predicted octanol–water partition coefficient (Wildman–Crippen LogP) is 0.576. The molecule has 0 fully saturated rings. The highest BCUT2D eigenvalue weighted by atomic mass is 16.6. The molecule has 8 nitrogen and oxygen atoms in total. The summed E-state index contributed by atoms with van der Waals surface area (Å²) in [5, 5.41) is 13.0. The van der Waals surface area contributed by atoms with Crippen LogP contribution < -0.4 is 5.32 Å². The highest BCUT2D eigenvalue weighted by Gasteiger charge is 2.13. The molecule has 2 rings (SSSR count). The average Bonchev–Trinajstić information content (AvgIpc) is 2.96. The van der Waals surface area contributed by atoms with Crippen molar-refractivity contribution < 1.29 is 9.72 Å². The van der Waals surface area contributed by atoms with E-state index in [9.17, 15) is 14.9 Å². The van der Waals surface area contributed by atoms with Crippen molar-refractivity contribution in [3.63, 3.8) is 0 Å². The first kappa shape index (κ1) is 10.9. The summed E-state index contributed by atoms with van der Waals surface area (Å²) in [6, 6.07) is 1.18. The van der Waals surface area contributed by atoms with Gasteiger partial charge in [0.2, 0.25) is 0 Å². The summed E-state index contributed by atoms with van der Waals surface area (Å²) < 4.78 is 0. The first-order chi connectivity index (χ1) is 8.16. The van der Waals surface area contributed by atoms with E-state index in [2.05, 4.69) is 20.3 Å². The van der Waals surface area contributed by atoms with Gasteiger partial charge in [-0.15, -0.1) is 0 Å². The lowest BCUT2D eigenvalue weighted by atomic mass is 10.3. The lowest BCUT2D eigenvalue weighted by molar-refractivity contribution is -0.384. The lowest BCUT2D eigenvalue weighted by Gasteiger charge is -2.00. The molecule has 2 aromatic rings. The quantitative estimate of drug-likeness (QED) is 0.530. The second-order valence-electron chi connectivity index (χ2n) is 3.29. The summed E-state index contributed by atoms with van der Waals surface area (Å²) in [4.78, 5) is 30.6. The summed E-state index contributed by atoms with van der Waals surface area (Å²) in [5.41, 5.74) is 0.757. The van der Waals surface area contributed by atoms with Gasteiger partial charge in [-0.05, 0) is 0 Å². The Balaban J connectivity index is 1.97. The number of nitro groups is 1. The maximum absolute atomic E-state index is 11.6. The number of H-pyrrole nitrogens is 2. The summed E-state index contributed by atoms with van der Waals surface area (Å²) in [5.74, 6) is -0.410. The van der Waals surface area contributed by atoms with Crippen molar-refractivity contribution in [3.05, 3.63) is 46.3 Å². The molecular weight excluding hydrogens is 226 g/mol. The minimum atomic E-state index is -0.567. The minimum Gasteiger partial charge on any atom is -0.351 e. The van der Waals surface area contributed by atoms with Crippen LogP contribution in [0.5, 0.6) is 0 Å². The molecule has 0 aliphatic carbocycles. The smallest absolute Gasteiger partial charge is 0.287 e. The van der Waals surface area contributed by atoms with E-state index in [-0.39, 0.29) is 17.9 Å². The van der Waals surface area contributed by atoms with Gasteiger partial charge in [-0.3, -0.25) is 14.9 Å². The maximum Gasteiger partial charge on any atom is 0.287 e. The van der Waals surface area contributed by atoms with Crippen LogP contribution in [0.15, 0.2) is 24.8 Å². The van der Waals surface area contributed by atoms with Gasteiger partial charge < -0.3 is 15.3 Å². The zero-order chi connectivity index (χ0) is 12.3. The molecule has 0 aliphatic heterocycles. The maximum atomic E-state index is 11.6. The molecule has 0 saturated carbocycles. The first-order valence-corrected chi connectivity index (χ1v) is 4.75. The predicted molar refractivity (Wildman–Crippen MR) is 57.2 cm³/mol. The summed E-state index contributed by atoms with van der Waals surface area (Å²) in [7, 11) is 0. The van der Waals surface area contributed by atoms with Crippen molar-refractivity contribution in [3.8, 4) is 0 Å². The first-order valence-electron chi connectivity index (χ1n) is 4.75. The van der Waals surface area contributed by atoms with E-state index >= 15 is 0 Å². The monoisotopic (exact) mass is 235 g/mol. The Morgan fingerprint density at radius 2 is 2.35 bits per heavy atom. The molecule has 8 heteroatoms. The largest absolute Gasteiger partial charge is 0.351 e. The number of carbonyl (C=O) groups excluding carboxylic acids is 1. The molecule has 2 aromatic heterocycles. The van der Waals surface area contributed by atoms with E-state index in [1.807, 2.05) is 0 Å². The Hall–Kier alpha value is -2.64. The fraction of sp³-hybridized carbons (Fsp3) is 0.111. The molecule has 0 aromatic carbocycles. The molecular formula is C9H9N5O3. The number of rotatable bonds is 4. The Kier molecular flexibility index (Phi) is 2.86. The Labute approximate surface area is 95.2 Å². The number of amides is 1. The van der Waals surface area contributed by atoms with Crippen molar-refractivity contribution in [1.29, 1.82) is 0 Å². The Morgan fingerprint density at radius 1 is 1.53 bits per heavy atom. The second kappa shape index (κ2) is 4.47. The van der Waals surface area contributed by atoms with Gasteiger partial charge in [0.25, 0.3) is 11.6 Å². The third kappa shape index (κ3) is 2.48. The average molecular weight is 235 g/mol. The van der Waals surface area contributed by atoms with E-state index in [1.165, 1.54) is 18.6 Å². The van der Waals surface area contributed by atoms with Crippen LogP contribution in [0.2, 0.25) is 0 Å². The lowest BCUT2D eigenvalue weighted by Crippen LogP contribution is -2.23. The zero-order valence-electron chi connectivity index (χ0n) is 8.64. The summed E-state index contributed by atoms with van der Waals surface area (Å²) in [6.07, 6.45) is 4.25. The second-order valence-corrected chi connectivity index (χ2v) is 3.29. The van der Waals surface area contributed by atoms with Crippen LogP contribution in [-0.2, 0) is 6.54 Å². The number of imidazole rings is 1. The van der Waals surface area contributed by atoms with Gasteiger partial charge in [-0.1, -0.05) is 0 Å². The standard InChI is InChI=1S/C9H9N5O3/c15-9(12-3-6-2-10-5-13-6)8-1-7(4-11-8)14(16)17/h1-2,4-5,11H,3H2,(H,10,13)(H,12,15). The molecule has 3 N–H and O–H groups in total. The van der Waals surface area contributed by atoms with Crippen molar-refractivity contribution in [2.75, 3.05) is 0 Å². The number of hydrogen-bond acceptors (Lipinski definition) is 4. The number of hydrogen-bond donors (Lipinski definition) is 3. The van der Waals surface area contributed by atoms with Gasteiger partial charge in [0.1, 0.15) is 5.69 Å².